The van der Waals surface area contributed by atoms with E-state index in [9.17, 15) is 10.1 Å². The Bertz CT molecular complexity index is 625. The van der Waals surface area contributed by atoms with E-state index < -0.39 is 4.92 Å². The molecule has 0 spiro atoms. The monoisotopic (exact) mass is 288 g/mol. The quantitative estimate of drug-likeness (QED) is 0.626. The van der Waals surface area contributed by atoms with Crippen molar-refractivity contribution in [1.29, 1.82) is 0 Å². The topological polar surface area (TPSA) is 64.7 Å². The maximum atomic E-state index is 10.9. The number of allylic oxidation sites excluding steroid dienone is 1. The molecule has 1 aliphatic heterocycles. The van der Waals surface area contributed by atoms with Crippen LogP contribution in [0, 0.1) is 15.5 Å². The summed E-state index contributed by atoms with van der Waals surface area (Å²) in [6.45, 7) is 7.13. The molecule has 112 valence electrons. The molecular weight excluding hydrogens is 268 g/mol. The molecule has 0 unspecified atom stereocenters. The molecule has 1 aromatic carbocycles. The van der Waals surface area contributed by atoms with Gasteiger partial charge >= 0.3 is 5.69 Å². The van der Waals surface area contributed by atoms with E-state index in [0.717, 1.165) is 29.8 Å². The highest BCUT2D eigenvalue weighted by molar-refractivity contribution is 6.05. The number of ether oxygens (including phenoxy) is 1. The second-order valence-electron chi connectivity index (χ2n) is 6.08. The summed E-state index contributed by atoms with van der Waals surface area (Å²) in [4.78, 5) is 15.1. The van der Waals surface area contributed by atoms with E-state index in [2.05, 4.69) is 31.8 Å². The lowest BCUT2D eigenvalue weighted by Gasteiger charge is -2.23. The van der Waals surface area contributed by atoms with Gasteiger partial charge in [0.25, 0.3) is 0 Å². The van der Waals surface area contributed by atoms with Crippen LogP contribution in [-0.4, -0.2) is 24.3 Å². The average Bonchev–Trinajstić information content (AvgIpc) is 2.45. The number of rotatable bonds is 3. The number of nitro benzene ring substituents is 1. The van der Waals surface area contributed by atoms with Crippen molar-refractivity contribution in [2.75, 3.05) is 13.7 Å². The lowest BCUT2D eigenvalue weighted by molar-refractivity contribution is -0.385. The van der Waals surface area contributed by atoms with E-state index in [1.165, 1.54) is 13.2 Å². The third kappa shape index (κ3) is 3.29. The van der Waals surface area contributed by atoms with Crippen molar-refractivity contribution in [2.45, 2.75) is 27.2 Å². The standard InChI is InChI=1S/C16H20N2O3/c1-16(2,3)15-10-12(7-8-17-15)11-5-6-13(18(19)20)14(9-11)21-4/h5-6,9-10H,7-8H2,1-4H3. The lowest BCUT2D eigenvalue weighted by Crippen LogP contribution is -2.21. The van der Waals surface area contributed by atoms with Gasteiger partial charge in [-0.2, -0.15) is 0 Å². The predicted molar refractivity (Wildman–Crippen MR) is 84.0 cm³/mol. The number of benzene rings is 1. The van der Waals surface area contributed by atoms with E-state index in [1.807, 2.05) is 0 Å². The largest absolute Gasteiger partial charge is 0.490 e. The molecule has 0 aromatic heterocycles. The third-order valence-corrected chi connectivity index (χ3v) is 3.49. The molecule has 21 heavy (non-hydrogen) atoms. The smallest absolute Gasteiger partial charge is 0.310 e. The van der Waals surface area contributed by atoms with Crippen molar-refractivity contribution >= 4 is 17.0 Å². The van der Waals surface area contributed by atoms with Crippen LogP contribution in [0.25, 0.3) is 5.57 Å². The third-order valence-electron chi connectivity index (χ3n) is 3.49. The van der Waals surface area contributed by atoms with Gasteiger partial charge in [0.05, 0.1) is 12.0 Å². The molecular formula is C16H20N2O3. The Hall–Kier alpha value is -2.17. The highest BCUT2D eigenvalue weighted by atomic mass is 16.6. The van der Waals surface area contributed by atoms with Gasteiger partial charge in [0.15, 0.2) is 5.75 Å². The predicted octanol–water partition coefficient (Wildman–Crippen LogP) is 3.88. The fraction of sp³-hybridized carbons (Fsp3) is 0.438. The molecule has 5 heteroatoms. The van der Waals surface area contributed by atoms with Crippen molar-refractivity contribution in [2.24, 2.45) is 10.4 Å². The van der Waals surface area contributed by atoms with Crippen LogP contribution in [0.4, 0.5) is 5.69 Å². The Kier molecular flexibility index (Phi) is 4.11. The molecule has 0 bridgehead atoms. The summed E-state index contributed by atoms with van der Waals surface area (Å²) < 4.78 is 5.13. The maximum Gasteiger partial charge on any atom is 0.310 e. The molecule has 5 nitrogen and oxygen atoms in total. The molecule has 0 aliphatic carbocycles. The number of dihydropyridines is 1. The van der Waals surface area contributed by atoms with Crippen LogP contribution in [0.3, 0.4) is 0 Å². The second-order valence-corrected chi connectivity index (χ2v) is 6.08. The van der Waals surface area contributed by atoms with Crippen molar-refractivity contribution in [3.63, 3.8) is 0 Å². The van der Waals surface area contributed by atoms with Gasteiger partial charge in [-0.05, 0) is 35.8 Å². The summed E-state index contributed by atoms with van der Waals surface area (Å²) in [5.74, 6) is 0.290. The molecule has 0 saturated heterocycles. The van der Waals surface area contributed by atoms with Gasteiger partial charge in [-0.3, -0.25) is 15.1 Å². The Balaban J connectivity index is 2.41. The van der Waals surface area contributed by atoms with Crippen LogP contribution < -0.4 is 4.74 Å². The lowest BCUT2D eigenvalue weighted by atomic mass is 9.85. The molecule has 0 saturated carbocycles. The summed E-state index contributed by atoms with van der Waals surface area (Å²) in [6.07, 6.45) is 2.92. The van der Waals surface area contributed by atoms with Gasteiger partial charge in [-0.1, -0.05) is 20.8 Å². The summed E-state index contributed by atoms with van der Waals surface area (Å²) in [5, 5.41) is 10.9. The summed E-state index contributed by atoms with van der Waals surface area (Å²) in [6, 6.07) is 5.01. The van der Waals surface area contributed by atoms with Gasteiger partial charge in [0.1, 0.15) is 0 Å². The molecule has 0 fully saturated rings. The number of nitro groups is 1. The SMILES string of the molecule is COc1cc(C2=CC(C(C)(C)C)=NCC2)ccc1[N+](=O)[O-]. The highest BCUT2D eigenvalue weighted by Crippen LogP contribution is 2.33. The first-order valence-electron chi connectivity index (χ1n) is 6.91. The molecule has 1 aromatic rings. The Morgan fingerprint density at radius 3 is 2.62 bits per heavy atom. The van der Waals surface area contributed by atoms with Crippen LogP contribution in [-0.2, 0) is 0 Å². The van der Waals surface area contributed by atoms with Crippen LogP contribution in [0.2, 0.25) is 0 Å². The fourth-order valence-electron chi connectivity index (χ4n) is 2.29. The number of aliphatic imine (C=N–C) groups is 1. The molecule has 2 rings (SSSR count). The van der Waals surface area contributed by atoms with Crippen molar-refractivity contribution in [3.05, 3.63) is 40.0 Å². The first kappa shape index (κ1) is 15.2. The van der Waals surface area contributed by atoms with E-state index in [4.69, 9.17) is 4.74 Å². The van der Waals surface area contributed by atoms with E-state index >= 15 is 0 Å². The molecule has 0 atom stereocenters. The number of hydrogen-bond donors (Lipinski definition) is 0. The zero-order chi connectivity index (χ0) is 15.6. The first-order chi connectivity index (χ1) is 9.82. The summed E-state index contributed by atoms with van der Waals surface area (Å²) >= 11 is 0. The van der Waals surface area contributed by atoms with Crippen molar-refractivity contribution < 1.29 is 9.66 Å². The van der Waals surface area contributed by atoms with E-state index in [-0.39, 0.29) is 11.1 Å². The number of methoxy groups -OCH3 is 1. The van der Waals surface area contributed by atoms with Gasteiger partial charge in [-0.15, -0.1) is 0 Å². The van der Waals surface area contributed by atoms with E-state index in [1.54, 1.807) is 12.1 Å². The van der Waals surface area contributed by atoms with Crippen LogP contribution in [0.1, 0.15) is 32.8 Å². The second kappa shape index (κ2) is 5.68. The molecule has 0 radical (unpaired) electrons. The zero-order valence-electron chi connectivity index (χ0n) is 12.8. The molecule has 0 N–H and O–H groups in total. The van der Waals surface area contributed by atoms with Gasteiger partial charge in [0.2, 0.25) is 0 Å². The highest BCUT2D eigenvalue weighted by Gasteiger charge is 2.22. The van der Waals surface area contributed by atoms with Crippen LogP contribution >= 0.6 is 0 Å². The van der Waals surface area contributed by atoms with Gasteiger partial charge in [-0.25, -0.2) is 0 Å². The normalized spacial score (nSPS) is 15.2. The fourth-order valence-corrected chi connectivity index (χ4v) is 2.29. The van der Waals surface area contributed by atoms with Crippen LogP contribution in [0.5, 0.6) is 5.75 Å². The Morgan fingerprint density at radius 1 is 1.33 bits per heavy atom. The first-order valence-corrected chi connectivity index (χ1v) is 6.91. The Morgan fingerprint density at radius 2 is 2.05 bits per heavy atom. The van der Waals surface area contributed by atoms with E-state index in [0.29, 0.717) is 5.75 Å². The minimum atomic E-state index is -0.431. The maximum absolute atomic E-state index is 10.9. The van der Waals surface area contributed by atoms with Gasteiger partial charge in [0, 0.05) is 23.7 Å². The zero-order valence-corrected chi connectivity index (χ0v) is 12.8. The van der Waals surface area contributed by atoms with Gasteiger partial charge < -0.3 is 4.74 Å². The average molecular weight is 288 g/mol. The number of hydrogen-bond acceptors (Lipinski definition) is 4. The molecule has 1 heterocycles. The number of nitrogens with zero attached hydrogens (tertiary/aromatic N) is 2. The van der Waals surface area contributed by atoms with Crippen LogP contribution in [0.15, 0.2) is 29.3 Å². The summed E-state index contributed by atoms with van der Waals surface area (Å²) in [7, 11) is 1.45. The minimum Gasteiger partial charge on any atom is -0.490 e. The molecule has 1 aliphatic rings. The van der Waals surface area contributed by atoms with Crippen molar-refractivity contribution in [3.8, 4) is 5.75 Å². The van der Waals surface area contributed by atoms with Crippen molar-refractivity contribution in [1.82, 2.24) is 0 Å². The Labute approximate surface area is 124 Å². The summed E-state index contributed by atoms with van der Waals surface area (Å²) in [5.41, 5.74) is 3.14. The molecule has 0 amide bonds. The minimum absolute atomic E-state index is 0.00344.